The summed E-state index contributed by atoms with van der Waals surface area (Å²) in [6.07, 6.45) is 0. The fraction of sp³-hybridized carbons (Fsp3) is 0.400. The number of likely N-dealkylation sites (N-methyl/N-ethyl adjacent to an activating group) is 1. The molecule has 1 aromatic rings. The number of rotatable bonds is 5. The van der Waals surface area contributed by atoms with Crippen molar-refractivity contribution in [2.75, 3.05) is 14.1 Å². The van der Waals surface area contributed by atoms with Gasteiger partial charge < -0.3 is 14.4 Å². The molecule has 0 bridgehead atoms. The molecule has 1 amide bonds. The van der Waals surface area contributed by atoms with Gasteiger partial charge in [0.1, 0.15) is 4.90 Å². The molecule has 0 fully saturated rings. The quantitative estimate of drug-likeness (QED) is 0.781. The number of amides is 1. The SMILES string of the molecule is CC(NS(=O)(=O)c1cc(C(=O)O)oc1Br)C(=O)N(C)C. The monoisotopic (exact) mass is 368 g/mol. The third-order valence-electron chi connectivity index (χ3n) is 2.30. The summed E-state index contributed by atoms with van der Waals surface area (Å²) in [6.45, 7) is 1.38. The molecule has 0 aliphatic rings. The van der Waals surface area contributed by atoms with Crippen LogP contribution in [0.15, 0.2) is 20.0 Å². The average molecular weight is 369 g/mol. The minimum atomic E-state index is -4.08. The summed E-state index contributed by atoms with van der Waals surface area (Å²) in [4.78, 5) is 23.2. The van der Waals surface area contributed by atoms with Gasteiger partial charge in [-0.3, -0.25) is 4.79 Å². The molecule has 10 heteroatoms. The number of carboxylic acid groups (broad SMARTS) is 1. The number of carbonyl (C=O) groups excluding carboxylic acids is 1. The summed E-state index contributed by atoms with van der Waals surface area (Å²) in [5.74, 6) is -2.36. The van der Waals surface area contributed by atoms with E-state index in [-0.39, 0.29) is 9.56 Å². The zero-order chi connectivity index (χ0) is 15.7. The summed E-state index contributed by atoms with van der Waals surface area (Å²) in [6, 6.07) is -0.133. The van der Waals surface area contributed by atoms with Crippen LogP contribution in [0.3, 0.4) is 0 Å². The van der Waals surface area contributed by atoms with Crippen LogP contribution in [0.4, 0.5) is 0 Å². The molecular weight excluding hydrogens is 356 g/mol. The molecule has 0 radical (unpaired) electrons. The van der Waals surface area contributed by atoms with Crippen LogP contribution in [0.1, 0.15) is 17.5 Å². The fourth-order valence-electron chi connectivity index (χ4n) is 1.37. The molecule has 112 valence electrons. The van der Waals surface area contributed by atoms with Crippen molar-refractivity contribution >= 4 is 37.8 Å². The molecule has 1 heterocycles. The van der Waals surface area contributed by atoms with Crippen LogP contribution in [0.25, 0.3) is 0 Å². The van der Waals surface area contributed by atoms with E-state index in [0.717, 1.165) is 6.07 Å². The number of sulfonamides is 1. The van der Waals surface area contributed by atoms with E-state index in [9.17, 15) is 18.0 Å². The summed E-state index contributed by atoms with van der Waals surface area (Å²) in [5, 5.41) is 8.74. The number of hydrogen-bond acceptors (Lipinski definition) is 5. The van der Waals surface area contributed by atoms with Gasteiger partial charge in [0.05, 0.1) is 6.04 Å². The summed E-state index contributed by atoms with van der Waals surface area (Å²) < 4.78 is 30.8. The predicted molar refractivity (Wildman–Crippen MR) is 71.8 cm³/mol. The van der Waals surface area contributed by atoms with Gasteiger partial charge in [-0.1, -0.05) is 0 Å². The lowest BCUT2D eigenvalue weighted by Gasteiger charge is -2.17. The van der Waals surface area contributed by atoms with Gasteiger partial charge in [0.2, 0.25) is 21.7 Å². The number of carbonyl (C=O) groups is 2. The highest BCUT2D eigenvalue weighted by atomic mass is 79.9. The number of furan rings is 1. The average Bonchev–Trinajstić information content (AvgIpc) is 2.70. The van der Waals surface area contributed by atoms with Gasteiger partial charge in [-0.25, -0.2) is 13.2 Å². The van der Waals surface area contributed by atoms with E-state index in [4.69, 9.17) is 9.52 Å². The van der Waals surface area contributed by atoms with Crippen LogP contribution in [0.2, 0.25) is 0 Å². The van der Waals surface area contributed by atoms with Gasteiger partial charge in [0.15, 0.2) is 4.67 Å². The molecule has 1 rings (SSSR count). The molecule has 0 aliphatic carbocycles. The number of aromatic carboxylic acids is 1. The summed E-state index contributed by atoms with van der Waals surface area (Å²) >= 11 is 2.83. The molecule has 1 atom stereocenters. The lowest BCUT2D eigenvalue weighted by atomic mass is 10.3. The summed E-state index contributed by atoms with van der Waals surface area (Å²) in [7, 11) is -1.10. The molecule has 0 aromatic carbocycles. The highest BCUT2D eigenvalue weighted by Gasteiger charge is 2.28. The molecule has 2 N–H and O–H groups in total. The van der Waals surface area contributed by atoms with Crippen molar-refractivity contribution in [2.45, 2.75) is 17.9 Å². The Balaban J connectivity index is 3.06. The van der Waals surface area contributed by atoms with Crippen LogP contribution in [-0.4, -0.2) is 50.4 Å². The maximum Gasteiger partial charge on any atom is 0.371 e. The Morgan fingerprint density at radius 3 is 2.40 bits per heavy atom. The molecule has 0 spiro atoms. The van der Waals surface area contributed by atoms with Crippen molar-refractivity contribution in [1.82, 2.24) is 9.62 Å². The van der Waals surface area contributed by atoms with Crippen LogP contribution in [0, 0.1) is 0 Å². The maximum absolute atomic E-state index is 12.1. The smallest absolute Gasteiger partial charge is 0.371 e. The topological polar surface area (TPSA) is 117 Å². The summed E-state index contributed by atoms with van der Waals surface area (Å²) in [5.41, 5.74) is 0. The van der Waals surface area contributed by atoms with E-state index in [1.165, 1.54) is 25.9 Å². The zero-order valence-electron chi connectivity index (χ0n) is 10.9. The first-order chi connectivity index (χ1) is 9.06. The van der Waals surface area contributed by atoms with Gasteiger partial charge >= 0.3 is 5.97 Å². The Morgan fingerprint density at radius 2 is 2.00 bits per heavy atom. The van der Waals surface area contributed by atoms with Crippen molar-refractivity contribution < 1.29 is 27.5 Å². The van der Waals surface area contributed by atoms with Gasteiger partial charge in [-0.05, 0) is 22.9 Å². The van der Waals surface area contributed by atoms with Gasteiger partial charge in [-0.15, -0.1) is 0 Å². The van der Waals surface area contributed by atoms with Gasteiger partial charge in [-0.2, -0.15) is 4.72 Å². The maximum atomic E-state index is 12.1. The van der Waals surface area contributed by atoms with Crippen molar-refractivity contribution in [1.29, 1.82) is 0 Å². The van der Waals surface area contributed by atoms with Crippen LogP contribution < -0.4 is 4.72 Å². The number of carboxylic acids is 1. The second kappa shape index (κ2) is 5.94. The number of halogens is 1. The highest BCUT2D eigenvalue weighted by molar-refractivity contribution is 9.10. The number of nitrogens with one attached hydrogen (secondary N) is 1. The zero-order valence-corrected chi connectivity index (χ0v) is 13.3. The Morgan fingerprint density at radius 1 is 1.45 bits per heavy atom. The number of nitrogens with zero attached hydrogens (tertiary/aromatic N) is 1. The van der Waals surface area contributed by atoms with E-state index in [1.54, 1.807) is 0 Å². The van der Waals surface area contributed by atoms with Crippen molar-refractivity contribution in [3.63, 3.8) is 0 Å². The van der Waals surface area contributed by atoms with Crippen LogP contribution in [-0.2, 0) is 14.8 Å². The van der Waals surface area contributed by atoms with Gasteiger partial charge in [0, 0.05) is 20.2 Å². The van der Waals surface area contributed by atoms with E-state index in [2.05, 4.69) is 20.7 Å². The lowest BCUT2D eigenvalue weighted by molar-refractivity contribution is -0.130. The lowest BCUT2D eigenvalue weighted by Crippen LogP contribution is -2.44. The first kappa shape index (κ1) is 16.7. The standard InChI is InChI=1S/C10H13BrN2O6S/c1-5(9(14)13(2)3)12-20(17,18)7-4-6(10(15)16)19-8(7)11/h4-5,12H,1-3H3,(H,15,16). The molecule has 20 heavy (non-hydrogen) atoms. The third kappa shape index (κ3) is 3.58. The van der Waals surface area contributed by atoms with E-state index < -0.39 is 33.7 Å². The van der Waals surface area contributed by atoms with Crippen molar-refractivity contribution in [2.24, 2.45) is 0 Å². The highest BCUT2D eigenvalue weighted by Crippen LogP contribution is 2.26. The largest absolute Gasteiger partial charge is 0.475 e. The predicted octanol–water partition coefficient (Wildman–Crippen LogP) is 0.495. The Hall–Kier alpha value is -1.39. The van der Waals surface area contributed by atoms with E-state index in [1.807, 2.05) is 0 Å². The molecule has 0 saturated carbocycles. The van der Waals surface area contributed by atoms with E-state index in [0.29, 0.717) is 0 Å². The molecule has 1 unspecified atom stereocenters. The van der Waals surface area contributed by atoms with Crippen molar-refractivity contribution in [3.05, 3.63) is 16.5 Å². The second-order valence-electron chi connectivity index (χ2n) is 4.13. The second-order valence-corrected chi connectivity index (χ2v) is 6.53. The molecule has 1 aromatic heterocycles. The van der Waals surface area contributed by atoms with E-state index >= 15 is 0 Å². The minimum Gasteiger partial charge on any atom is -0.475 e. The Kier molecular flexibility index (Phi) is 4.95. The molecule has 0 saturated heterocycles. The normalized spacial score (nSPS) is 13.0. The van der Waals surface area contributed by atoms with Crippen LogP contribution in [0.5, 0.6) is 0 Å². The Bertz CT molecular complexity index is 636. The van der Waals surface area contributed by atoms with Gasteiger partial charge in [0.25, 0.3) is 0 Å². The van der Waals surface area contributed by atoms with Crippen LogP contribution >= 0.6 is 15.9 Å². The first-order valence-corrected chi connectivity index (χ1v) is 7.60. The molecule has 8 nitrogen and oxygen atoms in total. The fourth-order valence-corrected chi connectivity index (χ4v) is 3.51. The molecular formula is C10H13BrN2O6S. The third-order valence-corrected chi connectivity index (χ3v) is 4.70. The van der Waals surface area contributed by atoms with Crippen molar-refractivity contribution in [3.8, 4) is 0 Å². The molecule has 0 aliphatic heterocycles. The Labute approximate surface area is 123 Å². The number of hydrogen-bond donors (Lipinski definition) is 2. The first-order valence-electron chi connectivity index (χ1n) is 5.32. The minimum absolute atomic E-state index is 0.244.